The van der Waals surface area contributed by atoms with Crippen molar-refractivity contribution < 1.29 is 14.3 Å². The van der Waals surface area contributed by atoms with Crippen LogP contribution in [0, 0.1) is 0 Å². The van der Waals surface area contributed by atoms with Crippen LogP contribution in [0.25, 0.3) is 0 Å². The van der Waals surface area contributed by atoms with E-state index >= 15 is 0 Å². The molecule has 0 aliphatic rings. The van der Waals surface area contributed by atoms with Gasteiger partial charge in [0.15, 0.2) is 0 Å². The maximum Gasteiger partial charge on any atom is 0.343 e. The van der Waals surface area contributed by atoms with Gasteiger partial charge in [0.2, 0.25) is 0 Å². The molecule has 3 aromatic rings. The Bertz CT molecular complexity index is 952. The highest BCUT2D eigenvalue weighted by Gasteiger charge is 2.09. The fourth-order valence-corrected chi connectivity index (χ4v) is 2.95. The first-order valence-corrected chi connectivity index (χ1v) is 10.7. The molecule has 0 bridgehead atoms. The number of unbranched alkanes of at least 4 members (excludes halogenated alkanes) is 4. The molecule has 0 N–H and O–H groups in total. The number of hydrogen-bond acceptors (Lipinski definition) is 5. The lowest BCUT2D eigenvalue weighted by atomic mass is 10.2. The molecule has 0 fully saturated rings. The minimum absolute atomic E-state index is 0.400. The standard InChI is InChI=1S/C26H28N2O3/c1-2-3-4-5-6-18-30-24-15-11-22(12-16-24)26(29)31-25-13-9-21(10-14-25)19-28-23-8-7-17-27-20-23/h7-17,19-20H,2-6,18H2,1H3. The second kappa shape index (κ2) is 12.3. The second-order valence-corrected chi connectivity index (χ2v) is 7.22. The normalized spacial score (nSPS) is 10.9. The molecule has 2 aromatic carbocycles. The summed E-state index contributed by atoms with van der Waals surface area (Å²) >= 11 is 0. The van der Waals surface area contributed by atoms with Crippen LogP contribution in [-0.4, -0.2) is 23.8 Å². The maximum absolute atomic E-state index is 12.4. The molecule has 0 radical (unpaired) electrons. The van der Waals surface area contributed by atoms with Gasteiger partial charge >= 0.3 is 5.97 Å². The van der Waals surface area contributed by atoms with E-state index in [1.165, 1.54) is 25.7 Å². The Hall–Kier alpha value is -3.47. The molecule has 31 heavy (non-hydrogen) atoms. The molecule has 0 saturated carbocycles. The van der Waals surface area contributed by atoms with Gasteiger partial charge in [0, 0.05) is 12.4 Å². The molecule has 0 saturated heterocycles. The van der Waals surface area contributed by atoms with Crippen molar-refractivity contribution in [1.29, 1.82) is 0 Å². The number of hydrogen-bond donors (Lipinski definition) is 0. The SMILES string of the molecule is CCCCCCCOc1ccc(C(=O)Oc2ccc(C=Nc3cccnc3)cc2)cc1. The summed E-state index contributed by atoms with van der Waals surface area (Å²) in [6.07, 6.45) is 11.1. The van der Waals surface area contributed by atoms with Gasteiger partial charge in [-0.2, -0.15) is 0 Å². The smallest absolute Gasteiger partial charge is 0.343 e. The fraction of sp³-hybridized carbons (Fsp3) is 0.269. The zero-order valence-electron chi connectivity index (χ0n) is 17.9. The molecule has 5 nitrogen and oxygen atoms in total. The molecular weight excluding hydrogens is 388 g/mol. The van der Waals surface area contributed by atoms with Gasteiger partial charge in [0.05, 0.1) is 24.1 Å². The topological polar surface area (TPSA) is 60.8 Å². The summed E-state index contributed by atoms with van der Waals surface area (Å²) in [5.41, 5.74) is 2.17. The van der Waals surface area contributed by atoms with E-state index in [0.29, 0.717) is 17.9 Å². The highest BCUT2D eigenvalue weighted by atomic mass is 16.5. The third-order valence-corrected chi connectivity index (χ3v) is 4.71. The number of esters is 1. The van der Waals surface area contributed by atoms with Gasteiger partial charge in [-0.1, -0.05) is 32.6 Å². The molecule has 1 heterocycles. The highest BCUT2D eigenvalue weighted by molar-refractivity contribution is 5.91. The quantitative estimate of drug-likeness (QED) is 0.157. The summed E-state index contributed by atoms with van der Waals surface area (Å²) in [7, 11) is 0. The fourth-order valence-electron chi connectivity index (χ4n) is 2.95. The third-order valence-electron chi connectivity index (χ3n) is 4.71. The summed E-state index contributed by atoms with van der Waals surface area (Å²) in [5, 5.41) is 0. The van der Waals surface area contributed by atoms with Crippen LogP contribution in [0.3, 0.4) is 0 Å². The van der Waals surface area contributed by atoms with E-state index in [1.807, 2.05) is 24.3 Å². The molecule has 0 aliphatic carbocycles. The lowest BCUT2D eigenvalue weighted by molar-refractivity contribution is 0.0734. The van der Waals surface area contributed by atoms with Crippen LogP contribution in [0.15, 0.2) is 78.0 Å². The van der Waals surface area contributed by atoms with Crippen molar-refractivity contribution in [2.75, 3.05) is 6.61 Å². The van der Waals surface area contributed by atoms with Crippen molar-refractivity contribution in [1.82, 2.24) is 4.98 Å². The maximum atomic E-state index is 12.4. The van der Waals surface area contributed by atoms with E-state index in [4.69, 9.17) is 9.47 Å². The van der Waals surface area contributed by atoms with Crippen LogP contribution in [0.2, 0.25) is 0 Å². The number of benzene rings is 2. The number of aliphatic imine (C=N–C) groups is 1. The lowest BCUT2D eigenvalue weighted by Gasteiger charge is -2.08. The minimum Gasteiger partial charge on any atom is -0.494 e. The van der Waals surface area contributed by atoms with Gasteiger partial charge in [-0.15, -0.1) is 0 Å². The van der Waals surface area contributed by atoms with Crippen LogP contribution in [0.4, 0.5) is 5.69 Å². The zero-order chi connectivity index (χ0) is 21.7. The van der Waals surface area contributed by atoms with E-state index in [2.05, 4.69) is 16.9 Å². The predicted molar refractivity (Wildman–Crippen MR) is 124 cm³/mol. The van der Waals surface area contributed by atoms with Crippen LogP contribution in [0.1, 0.15) is 54.9 Å². The van der Waals surface area contributed by atoms with Crippen molar-refractivity contribution in [3.8, 4) is 11.5 Å². The first-order valence-electron chi connectivity index (χ1n) is 10.7. The van der Waals surface area contributed by atoms with Gasteiger partial charge in [-0.25, -0.2) is 4.79 Å². The van der Waals surface area contributed by atoms with Crippen LogP contribution >= 0.6 is 0 Å². The number of rotatable bonds is 11. The van der Waals surface area contributed by atoms with Crippen molar-refractivity contribution in [3.63, 3.8) is 0 Å². The van der Waals surface area contributed by atoms with Crippen molar-refractivity contribution in [2.45, 2.75) is 39.0 Å². The molecule has 0 aliphatic heterocycles. The van der Waals surface area contributed by atoms with Gasteiger partial charge in [-0.3, -0.25) is 9.98 Å². The van der Waals surface area contributed by atoms with E-state index in [9.17, 15) is 4.79 Å². The highest BCUT2D eigenvalue weighted by Crippen LogP contribution is 2.17. The number of carbonyl (C=O) groups excluding carboxylic acids is 1. The van der Waals surface area contributed by atoms with Gasteiger partial charge in [0.1, 0.15) is 11.5 Å². The zero-order valence-corrected chi connectivity index (χ0v) is 17.9. The summed E-state index contributed by atoms with van der Waals surface area (Å²) < 4.78 is 11.2. The lowest BCUT2D eigenvalue weighted by Crippen LogP contribution is -2.08. The second-order valence-electron chi connectivity index (χ2n) is 7.22. The number of aromatic nitrogens is 1. The average Bonchev–Trinajstić information content (AvgIpc) is 2.82. The third kappa shape index (κ3) is 7.70. The first-order chi connectivity index (χ1) is 15.2. The van der Waals surface area contributed by atoms with Gasteiger partial charge in [-0.05, 0) is 72.6 Å². The van der Waals surface area contributed by atoms with Crippen molar-refractivity contribution in [3.05, 3.63) is 84.2 Å². The summed E-state index contributed by atoms with van der Waals surface area (Å²) in [6, 6.07) is 18.0. The minimum atomic E-state index is -0.400. The average molecular weight is 417 g/mol. The Morgan fingerprint density at radius 1 is 0.935 bits per heavy atom. The molecular formula is C26H28N2O3. The number of nitrogens with zero attached hydrogens (tertiary/aromatic N) is 2. The van der Waals surface area contributed by atoms with Gasteiger partial charge in [0.25, 0.3) is 0 Å². The Labute approximate surface area is 183 Å². The largest absolute Gasteiger partial charge is 0.494 e. The van der Waals surface area contributed by atoms with E-state index in [0.717, 1.165) is 23.4 Å². The van der Waals surface area contributed by atoms with Crippen LogP contribution < -0.4 is 9.47 Å². The molecule has 0 unspecified atom stereocenters. The summed E-state index contributed by atoms with van der Waals surface area (Å²) in [5.74, 6) is 0.850. The molecule has 0 atom stereocenters. The van der Waals surface area contributed by atoms with E-state index in [1.54, 1.807) is 55.0 Å². The Morgan fingerprint density at radius 2 is 1.68 bits per heavy atom. The van der Waals surface area contributed by atoms with Gasteiger partial charge < -0.3 is 9.47 Å². The molecule has 160 valence electrons. The number of carbonyl (C=O) groups is 1. The monoisotopic (exact) mass is 416 g/mol. The summed E-state index contributed by atoms with van der Waals surface area (Å²) in [6.45, 7) is 2.90. The molecule has 0 spiro atoms. The predicted octanol–water partition coefficient (Wildman–Crippen LogP) is 6.40. The Kier molecular flexibility index (Phi) is 8.80. The van der Waals surface area contributed by atoms with E-state index < -0.39 is 5.97 Å². The van der Waals surface area contributed by atoms with Crippen molar-refractivity contribution >= 4 is 17.9 Å². The molecule has 1 aromatic heterocycles. The Morgan fingerprint density at radius 3 is 2.39 bits per heavy atom. The number of pyridine rings is 1. The van der Waals surface area contributed by atoms with E-state index in [-0.39, 0.29) is 0 Å². The molecule has 0 amide bonds. The van der Waals surface area contributed by atoms with Crippen LogP contribution in [0.5, 0.6) is 11.5 Å². The first kappa shape index (κ1) is 22.2. The van der Waals surface area contributed by atoms with Crippen molar-refractivity contribution in [2.24, 2.45) is 4.99 Å². The summed E-state index contributed by atoms with van der Waals surface area (Å²) in [4.78, 5) is 20.8. The Balaban J connectivity index is 1.46. The number of ether oxygens (including phenoxy) is 2. The molecule has 3 rings (SSSR count). The van der Waals surface area contributed by atoms with Crippen LogP contribution in [-0.2, 0) is 0 Å². The molecule has 5 heteroatoms.